The number of nitrogens with one attached hydrogen (secondary N) is 1. The summed E-state index contributed by atoms with van der Waals surface area (Å²) in [5.74, 6) is 1.58. The van der Waals surface area contributed by atoms with Crippen LogP contribution in [0.15, 0.2) is 12.1 Å². The molecule has 82 valence electrons. The number of benzene rings is 1. The van der Waals surface area contributed by atoms with Gasteiger partial charge in [0, 0.05) is 11.8 Å². The molecular formula is C11H13ClFNS. The molecule has 0 spiro atoms. The Hall–Kier alpha value is -0.250. The highest BCUT2D eigenvalue weighted by molar-refractivity contribution is 7.98. The lowest BCUT2D eigenvalue weighted by Gasteiger charge is -2.17. The van der Waals surface area contributed by atoms with Crippen LogP contribution in [0.3, 0.4) is 0 Å². The van der Waals surface area contributed by atoms with Crippen molar-refractivity contribution in [2.75, 3.05) is 12.8 Å². The molecule has 0 saturated heterocycles. The molecule has 0 fully saturated rings. The normalized spacial score (nSPS) is 20.9. The zero-order valence-electron chi connectivity index (χ0n) is 8.52. The van der Waals surface area contributed by atoms with Gasteiger partial charge in [-0.3, -0.25) is 0 Å². The summed E-state index contributed by atoms with van der Waals surface area (Å²) in [7, 11) is 1.93. The van der Waals surface area contributed by atoms with Crippen molar-refractivity contribution in [3.63, 3.8) is 0 Å². The van der Waals surface area contributed by atoms with Gasteiger partial charge in [0.2, 0.25) is 0 Å². The van der Waals surface area contributed by atoms with Crippen LogP contribution in [0.25, 0.3) is 0 Å². The maximum atomic E-state index is 13.3. The Morgan fingerprint density at radius 1 is 1.53 bits per heavy atom. The first-order valence-electron chi connectivity index (χ1n) is 4.96. The highest BCUT2D eigenvalue weighted by Crippen LogP contribution is 2.35. The maximum Gasteiger partial charge on any atom is 0.142 e. The first-order valence-corrected chi connectivity index (χ1v) is 6.49. The zero-order chi connectivity index (χ0) is 10.8. The minimum absolute atomic E-state index is 0.294. The van der Waals surface area contributed by atoms with Crippen molar-refractivity contribution in [1.29, 1.82) is 0 Å². The molecule has 1 aromatic rings. The molecule has 0 radical (unpaired) electrons. The van der Waals surface area contributed by atoms with E-state index in [1.807, 2.05) is 24.9 Å². The van der Waals surface area contributed by atoms with E-state index in [4.69, 9.17) is 11.6 Å². The molecule has 1 aromatic carbocycles. The second kappa shape index (κ2) is 4.73. The average Bonchev–Trinajstić information content (AvgIpc) is 2.45. The van der Waals surface area contributed by atoms with Crippen molar-refractivity contribution in [2.24, 2.45) is 0 Å². The Labute approximate surface area is 98.4 Å². The first kappa shape index (κ1) is 11.2. The van der Waals surface area contributed by atoms with Gasteiger partial charge >= 0.3 is 0 Å². The SMILES string of the molecule is CNC1CCSCc2c1ccc(F)c2Cl. The highest BCUT2D eigenvalue weighted by Gasteiger charge is 2.20. The molecule has 0 aromatic heterocycles. The van der Waals surface area contributed by atoms with Crippen LogP contribution in [0.4, 0.5) is 4.39 Å². The molecule has 15 heavy (non-hydrogen) atoms. The van der Waals surface area contributed by atoms with Gasteiger partial charge < -0.3 is 5.32 Å². The Morgan fingerprint density at radius 3 is 3.07 bits per heavy atom. The number of rotatable bonds is 1. The van der Waals surface area contributed by atoms with Gasteiger partial charge in [-0.1, -0.05) is 17.7 Å². The van der Waals surface area contributed by atoms with Crippen LogP contribution in [0.1, 0.15) is 23.6 Å². The molecule has 0 bridgehead atoms. The molecule has 1 aliphatic heterocycles. The summed E-state index contributed by atoms with van der Waals surface area (Å²) in [6, 6.07) is 3.61. The van der Waals surface area contributed by atoms with E-state index in [0.717, 1.165) is 29.1 Å². The molecule has 0 aliphatic carbocycles. The topological polar surface area (TPSA) is 12.0 Å². The molecule has 4 heteroatoms. The van der Waals surface area contributed by atoms with Crippen molar-refractivity contribution in [3.8, 4) is 0 Å². The van der Waals surface area contributed by atoms with Gasteiger partial charge in [0.25, 0.3) is 0 Å². The third-order valence-electron chi connectivity index (χ3n) is 2.75. The second-order valence-corrected chi connectivity index (χ2v) is 5.09. The Balaban J connectivity index is 2.49. The molecule has 0 amide bonds. The van der Waals surface area contributed by atoms with Gasteiger partial charge in [0.1, 0.15) is 5.82 Å². The molecule has 1 atom stereocenters. The fourth-order valence-electron chi connectivity index (χ4n) is 1.91. The Bertz CT molecular complexity index is 370. The zero-order valence-corrected chi connectivity index (χ0v) is 10.1. The lowest BCUT2D eigenvalue weighted by molar-refractivity contribution is 0.576. The van der Waals surface area contributed by atoms with E-state index in [9.17, 15) is 4.39 Å². The molecular weight excluding hydrogens is 233 g/mol. The van der Waals surface area contributed by atoms with Gasteiger partial charge in [-0.15, -0.1) is 0 Å². The number of hydrogen-bond donors (Lipinski definition) is 1. The average molecular weight is 246 g/mol. The van der Waals surface area contributed by atoms with Crippen LogP contribution >= 0.6 is 23.4 Å². The lowest BCUT2D eigenvalue weighted by atomic mass is 9.99. The van der Waals surface area contributed by atoms with Crippen LogP contribution in [0.5, 0.6) is 0 Å². The third kappa shape index (κ3) is 2.14. The Kier molecular flexibility index (Phi) is 3.54. The summed E-state index contributed by atoms with van der Waals surface area (Å²) in [5.41, 5.74) is 2.10. The van der Waals surface area contributed by atoms with E-state index < -0.39 is 0 Å². The minimum atomic E-state index is -0.312. The standard InChI is InChI=1S/C11H13ClFNS/c1-14-10-4-5-15-6-8-7(10)2-3-9(13)11(8)12/h2-3,10,14H,4-6H2,1H3. The number of halogens is 2. The van der Waals surface area contributed by atoms with E-state index in [0.29, 0.717) is 11.1 Å². The van der Waals surface area contributed by atoms with Crippen LogP contribution in [-0.2, 0) is 5.75 Å². The fraction of sp³-hybridized carbons (Fsp3) is 0.455. The quantitative estimate of drug-likeness (QED) is 0.814. The summed E-state index contributed by atoms with van der Waals surface area (Å²) in [4.78, 5) is 0. The van der Waals surface area contributed by atoms with Gasteiger partial charge in [0.05, 0.1) is 5.02 Å². The molecule has 0 saturated carbocycles. The summed E-state index contributed by atoms with van der Waals surface area (Å²) >= 11 is 7.80. The summed E-state index contributed by atoms with van der Waals surface area (Å²) in [6.45, 7) is 0. The first-order chi connectivity index (χ1) is 7.24. The van der Waals surface area contributed by atoms with Crippen LogP contribution in [-0.4, -0.2) is 12.8 Å². The van der Waals surface area contributed by atoms with Crippen molar-refractivity contribution in [3.05, 3.63) is 34.1 Å². The van der Waals surface area contributed by atoms with E-state index >= 15 is 0 Å². The lowest BCUT2D eigenvalue weighted by Crippen LogP contribution is -2.17. The number of fused-ring (bicyclic) bond motifs is 1. The monoisotopic (exact) mass is 245 g/mol. The molecule has 1 heterocycles. The molecule has 1 nitrogen and oxygen atoms in total. The van der Waals surface area contributed by atoms with Crippen molar-refractivity contribution in [2.45, 2.75) is 18.2 Å². The van der Waals surface area contributed by atoms with E-state index in [-0.39, 0.29) is 5.82 Å². The number of thioether (sulfide) groups is 1. The molecule has 1 N–H and O–H groups in total. The van der Waals surface area contributed by atoms with Crippen LogP contribution in [0, 0.1) is 5.82 Å². The van der Waals surface area contributed by atoms with Crippen LogP contribution < -0.4 is 5.32 Å². The smallest absolute Gasteiger partial charge is 0.142 e. The summed E-state index contributed by atoms with van der Waals surface area (Å²) in [5, 5.41) is 3.55. The molecule has 2 rings (SSSR count). The third-order valence-corrected chi connectivity index (χ3v) is 4.18. The fourth-order valence-corrected chi connectivity index (χ4v) is 3.29. The van der Waals surface area contributed by atoms with Crippen molar-refractivity contribution >= 4 is 23.4 Å². The summed E-state index contributed by atoms with van der Waals surface area (Å²) < 4.78 is 13.3. The second-order valence-electron chi connectivity index (χ2n) is 3.61. The van der Waals surface area contributed by atoms with Gasteiger partial charge in [-0.05, 0) is 36.4 Å². The minimum Gasteiger partial charge on any atom is -0.313 e. The van der Waals surface area contributed by atoms with Gasteiger partial charge in [-0.2, -0.15) is 11.8 Å². The van der Waals surface area contributed by atoms with Crippen molar-refractivity contribution < 1.29 is 4.39 Å². The maximum absolute atomic E-state index is 13.3. The highest BCUT2D eigenvalue weighted by atomic mass is 35.5. The Morgan fingerprint density at radius 2 is 2.33 bits per heavy atom. The van der Waals surface area contributed by atoms with Crippen LogP contribution in [0.2, 0.25) is 5.02 Å². The van der Waals surface area contributed by atoms with Gasteiger partial charge in [0.15, 0.2) is 0 Å². The van der Waals surface area contributed by atoms with E-state index in [1.54, 1.807) is 0 Å². The number of hydrogen-bond acceptors (Lipinski definition) is 2. The molecule has 1 unspecified atom stereocenters. The van der Waals surface area contributed by atoms with E-state index in [2.05, 4.69) is 5.32 Å². The predicted molar refractivity (Wildman–Crippen MR) is 64.0 cm³/mol. The van der Waals surface area contributed by atoms with E-state index in [1.165, 1.54) is 6.07 Å². The summed E-state index contributed by atoms with van der Waals surface area (Å²) in [6.07, 6.45) is 1.07. The molecule has 1 aliphatic rings. The predicted octanol–water partition coefficient (Wildman–Crippen LogP) is 3.38. The van der Waals surface area contributed by atoms with Gasteiger partial charge in [-0.25, -0.2) is 4.39 Å². The largest absolute Gasteiger partial charge is 0.313 e. The van der Waals surface area contributed by atoms with Crippen molar-refractivity contribution in [1.82, 2.24) is 5.32 Å².